The van der Waals surface area contributed by atoms with Crippen LogP contribution in [0.2, 0.25) is 19.6 Å². The molecule has 3 heteroatoms. The summed E-state index contributed by atoms with van der Waals surface area (Å²) in [5.74, 6) is -0.208. The van der Waals surface area contributed by atoms with E-state index in [9.17, 15) is 4.39 Å². The van der Waals surface area contributed by atoms with Gasteiger partial charge >= 0.3 is 0 Å². The first-order valence-electron chi connectivity index (χ1n) is 5.69. The van der Waals surface area contributed by atoms with E-state index in [0.717, 1.165) is 11.1 Å². The molecule has 1 aromatic heterocycles. The maximum Gasteiger partial charge on any atom is 0.123 e. The van der Waals surface area contributed by atoms with Crippen LogP contribution >= 0.6 is 0 Å². The Morgan fingerprint density at radius 1 is 0.882 bits per heavy atom. The monoisotopic (exact) mass is 245 g/mol. The molecule has 0 amide bonds. The summed E-state index contributed by atoms with van der Waals surface area (Å²) in [5, 5.41) is 1.20. The van der Waals surface area contributed by atoms with Crippen molar-refractivity contribution in [3.63, 3.8) is 0 Å². The SMILES string of the molecule is C[Si](C)(C)c1ccc(-c2ccc(F)cc2)cn1. The molecule has 0 saturated heterocycles. The third kappa shape index (κ3) is 2.80. The van der Waals surface area contributed by atoms with Crippen LogP contribution in [0.3, 0.4) is 0 Å². The van der Waals surface area contributed by atoms with Gasteiger partial charge in [-0.3, -0.25) is 4.98 Å². The predicted octanol–water partition coefficient (Wildman–Crippen LogP) is 3.43. The van der Waals surface area contributed by atoms with Crippen LogP contribution in [-0.2, 0) is 0 Å². The second kappa shape index (κ2) is 4.41. The van der Waals surface area contributed by atoms with Gasteiger partial charge in [0.2, 0.25) is 0 Å². The van der Waals surface area contributed by atoms with Crippen molar-refractivity contribution in [3.05, 3.63) is 48.4 Å². The molecule has 1 heterocycles. The summed E-state index contributed by atoms with van der Waals surface area (Å²) < 4.78 is 12.8. The van der Waals surface area contributed by atoms with Crippen LogP contribution in [0.15, 0.2) is 42.6 Å². The Labute approximate surface area is 102 Å². The molecular formula is C14H16FNSi. The number of halogens is 1. The minimum atomic E-state index is -1.34. The van der Waals surface area contributed by atoms with Gasteiger partial charge in [-0.05, 0) is 29.3 Å². The Bertz CT molecular complexity index is 497. The van der Waals surface area contributed by atoms with Gasteiger partial charge in [0.1, 0.15) is 13.9 Å². The second-order valence-electron chi connectivity index (χ2n) is 5.19. The molecular weight excluding hydrogens is 229 g/mol. The summed E-state index contributed by atoms with van der Waals surface area (Å²) in [4.78, 5) is 4.52. The zero-order valence-electron chi connectivity index (χ0n) is 10.4. The lowest BCUT2D eigenvalue weighted by Crippen LogP contribution is -2.39. The molecule has 0 atom stereocenters. The quantitative estimate of drug-likeness (QED) is 0.739. The van der Waals surface area contributed by atoms with Crippen molar-refractivity contribution in [2.75, 3.05) is 0 Å². The lowest BCUT2D eigenvalue weighted by molar-refractivity contribution is 0.628. The molecule has 0 aliphatic rings. The zero-order chi connectivity index (χ0) is 12.5. The van der Waals surface area contributed by atoms with Gasteiger partial charge in [0.25, 0.3) is 0 Å². The fourth-order valence-electron chi connectivity index (χ4n) is 1.65. The summed E-state index contributed by atoms with van der Waals surface area (Å²) in [5.41, 5.74) is 2.04. The summed E-state index contributed by atoms with van der Waals surface area (Å²) in [6, 6.07) is 10.7. The van der Waals surface area contributed by atoms with Crippen molar-refractivity contribution in [2.24, 2.45) is 0 Å². The fourth-order valence-corrected chi connectivity index (χ4v) is 2.69. The number of nitrogens with zero attached hydrogens (tertiary/aromatic N) is 1. The number of aromatic nitrogens is 1. The molecule has 0 aliphatic heterocycles. The van der Waals surface area contributed by atoms with E-state index in [1.54, 1.807) is 12.1 Å². The smallest absolute Gasteiger partial charge is 0.123 e. The van der Waals surface area contributed by atoms with E-state index in [1.165, 1.54) is 17.4 Å². The van der Waals surface area contributed by atoms with Crippen LogP contribution in [0.25, 0.3) is 11.1 Å². The Morgan fingerprint density at radius 3 is 1.94 bits per heavy atom. The highest BCUT2D eigenvalue weighted by atomic mass is 28.3. The molecule has 0 bridgehead atoms. The highest BCUT2D eigenvalue weighted by molar-refractivity contribution is 6.88. The Kier molecular flexibility index (Phi) is 3.11. The summed E-state index contributed by atoms with van der Waals surface area (Å²) >= 11 is 0. The van der Waals surface area contributed by atoms with Crippen LogP contribution in [-0.4, -0.2) is 13.1 Å². The molecule has 0 N–H and O–H groups in total. The highest BCUT2D eigenvalue weighted by Gasteiger charge is 2.17. The molecule has 1 aromatic carbocycles. The average molecular weight is 245 g/mol. The van der Waals surface area contributed by atoms with Crippen LogP contribution in [0, 0.1) is 5.82 Å². The minimum Gasteiger partial charge on any atom is -0.265 e. The molecule has 0 radical (unpaired) electrons. The topological polar surface area (TPSA) is 12.9 Å². The van der Waals surface area contributed by atoms with Crippen molar-refractivity contribution in [1.82, 2.24) is 4.98 Å². The standard InChI is InChI=1S/C14H16FNSi/c1-17(2,3)14-9-6-12(10-16-14)11-4-7-13(15)8-5-11/h4-10H,1-3H3. The van der Waals surface area contributed by atoms with E-state index < -0.39 is 8.07 Å². The second-order valence-corrected chi connectivity index (χ2v) is 10.2. The van der Waals surface area contributed by atoms with Crippen LogP contribution < -0.4 is 5.32 Å². The van der Waals surface area contributed by atoms with Gasteiger partial charge in [0.15, 0.2) is 0 Å². The molecule has 0 fully saturated rings. The molecule has 0 saturated carbocycles. The van der Waals surface area contributed by atoms with E-state index in [-0.39, 0.29) is 5.82 Å². The first kappa shape index (κ1) is 12.0. The van der Waals surface area contributed by atoms with Gasteiger partial charge in [-0.1, -0.05) is 37.8 Å². The van der Waals surface area contributed by atoms with E-state index in [0.29, 0.717) is 0 Å². The third-order valence-corrected chi connectivity index (χ3v) is 4.54. The number of rotatable bonds is 2. The van der Waals surface area contributed by atoms with Gasteiger partial charge in [-0.2, -0.15) is 0 Å². The van der Waals surface area contributed by atoms with E-state index in [1.807, 2.05) is 6.20 Å². The van der Waals surface area contributed by atoms with Gasteiger partial charge in [0.05, 0.1) is 0 Å². The first-order valence-corrected chi connectivity index (χ1v) is 9.19. The van der Waals surface area contributed by atoms with Gasteiger partial charge in [0, 0.05) is 11.5 Å². The van der Waals surface area contributed by atoms with Crippen molar-refractivity contribution < 1.29 is 4.39 Å². The van der Waals surface area contributed by atoms with Gasteiger partial charge in [-0.25, -0.2) is 4.39 Å². The predicted molar refractivity (Wildman–Crippen MR) is 72.6 cm³/mol. The first-order chi connectivity index (χ1) is 7.97. The molecule has 1 nitrogen and oxygen atoms in total. The van der Waals surface area contributed by atoms with E-state index in [4.69, 9.17) is 0 Å². The Hall–Kier alpha value is -1.48. The third-order valence-electron chi connectivity index (χ3n) is 2.71. The summed E-state index contributed by atoms with van der Waals surface area (Å²) in [6.07, 6.45) is 1.88. The lowest BCUT2D eigenvalue weighted by Gasteiger charge is -2.15. The van der Waals surface area contributed by atoms with Crippen LogP contribution in [0.1, 0.15) is 0 Å². The van der Waals surface area contributed by atoms with Gasteiger partial charge < -0.3 is 0 Å². The molecule has 2 rings (SSSR count). The maximum absolute atomic E-state index is 12.8. The molecule has 88 valence electrons. The average Bonchev–Trinajstić information content (AvgIpc) is 2.29. The normalized spacial score (nSPS) is 11.5. The molecule has 2 aromatic rings. The van der Waals surface area contributed by atoms with E-state index >= 15 is 0 Å². The Balaban J connectivity index is 2.33. The Morgan fingerprint density at radius 2 is 1.47 bits per heavy atom. The number of pyridine rings is 1. The van der Waals surface area contributed by atoms with Crippen molar-refractivity contribution in [2.45, 2.75) is 19.6 Å². The zero-order valence-corrected chi connectivity index (χ0v) is 11.4. The van der Waals surface area contributed by atoms with Gasteiger partial charge in [-0.15, -0.1) is 0 Å². The largest absolute Gasteiger partial charge is 0.265 e. The van der Waals surface area contributed by atoms with Crippen LogP contribution in [0.5, 0.6) is 0 Å². The summed E-state index contributed by atoms with van der Waals surface area (Å²) in [6.45, 7) is 6.81. The lowest BCUT2D eigenvalue weighted by atomic mass is 10.1. The molecule has 0 aliphatic carbocycles. The number of benzene rings is 1. The maximum atomic E-state index is 12.8. The van der Waals surface area contributed by atoms with Crippen molar-refractivity contribution >= 4 is 13.4 Å². The van der Waals surface area contributed by atoms with Crippen LogP contribution in [0.4, 0.5) is 4.39 Å². The number of hydrogen-bond acceptors (Lipinski definition) is 1. The van der Waals surface area contributed by atoms with E-state index in [2.05, 4.69) is 36.8 Å². The fraction of sp³-hybridized carbons (Fsp3) is 0.214. The molecule has 17 heavy (non-hydrogen) atoms. The molecule has 0 unspecified atom stereocenters. The summed E-state index contributed by atoms with van der Waals surface area (Å²) in [7, 11) is -1.34. The highest BCUT2D eigenvalue weighted by Crippen LogP contribution is 2.18. The van der Waals surface area contributed by atoms with Crippen molar-refractivity contribution in [3.8, 4) is 11.1 Å². The van der Waals surface area contributed by atoms with Crippen molar-refractivity contribution in [1.29, 1.82) is 0 Å². The number of hydrogen-bond donors (Lipinski definition) is 0. The minimum absolute atomic E-state index is 0.208. The molecule has 0 spiro atoms.